The van der Waals surface area contributed by atoms with Gasteiger partial charge in [-0.3, -0.25) is 0 Å². The largest absolute Gasteiger partial charge is 0.354 e. The minimum Gasteiger partial charge on any atom is -0.354 e. The van der Waals surface area contributed by atoms with Crippen LogP contribution in [0.15, 0.2) is 0 Å². The quantitative estimate of drug-likeness (QED) is 0.846. The predicted octanol–water partition coefficient (Wildman–Crippen LogP) is 2.17. The van der Waals surface area contributed by atoms with Crippen LogP contribution in [0.25, 0.3) is 0 Å². The maximum Gasteiger partial charge on any atom is 0.229 e. The van der Waals surface area contributed by atoms with Crippen molar-refractivity contribution in [2.75, 3.05) is 17.2 Å². The van der Waals surface area contributed by atoms with E-state index in [2.05, 4.69) is 32.5 Å². The molecule has 6 heteroatoms. The van der Waals surface area contributed by atoms with Gasteiger partial charge in [-0.15, -0.1) is 0 Å². The van der Waals surface area contributed by atoms with Crippen LogP contribution >= 0.6 is 11.6 Å². The molecule has 16 heavy (non-hydrogen) atoms. The molecule has 1 saturated carbocycles. The number of aromatic nitrogens is 3. The van der Waals surface area contributed by atoms with Crippen molar-refractivity contribution in [1.82, 2.24) is 15.0 Å². The van der Waals surface area contributed by atoms with Gasteiger partial charge in [-0.05, 0) is 37.3 Å². The Morgan fingerprint density at radius 3 is 2.56 bits per heavy atom. The van der Waals surface area contributed by atoms with Crippen molar-refractivity contribution in [3.8, 4) is 0 Å². The van der Waals surface area contributed by atoms with Gasteiger partial charge in [-0.1, -0.05) is 6.92 Å². The molecule has 0 unspecified atom stereocenters. The molecule has 1 aliphatic carbocycles. The van der Waals surface area contributed by atoms with Crippen molar-refractivity contribution in [2.45, 2.75) is 32.7 Å². The highest BCUT2D eigenvalue weighted by molar-refractivity contribution is 6.28. The zero-order chi connectivity index (χ0) is 11.5. The zero-order valence-electron chi connectivity index (χ0n) is 9.50. The number of nitrogens with zero attached hydrogens (tertiary/aromatic N) is 3. The summed E-state index contributed by atoms with van der Waals surface area (Å²) in [6.07, 6.45) is 2.33. The Morgan fingerprint density at radius 1 is 1.25 bits per heavy atom. The highest BCUT2D eigenvalue weighted by Crippen LogP contribution is 2.28. The lowest BCUT2D eigenvalue weighted by molar-refractivity contribution is 0.308. The van der Waals surface area contributed by atoms with Gasteiger partial charge in [-0.25, -0.2) is 0 Å². The molecule has 88 valence electrons. The molecule has 0 atom stereocenters. The molecule has 1 heterocycles. The minimum absolute atomic E-state index is 0.223. The fourth-order valence-corrected chi connectivity index (χ4v) is 2.01. The number of hydrogen-bond acceptors (Lipinski definition) is 5. The first-order valence-corrected chi connectivity index (χ1v) is 5.97. The van der Waals surface area contributed by atoms with Crippen LogP contribution in [0, 0.1) is 5.92 Å². The second-order valence-corrected chi connectivity index (χ2v) is 4.54. The first-order chi connectivity index (χ1) is 7.67. The van der Waals surface area contributed by atoms with E-state index in [-0.39, 0.29) is 5.28 Å². The molecule has 1 fully saturated rings. The summed E-state index contributed by atoms with van der Waals surface area (Å²) in [7, 11) is 0. The van der Waals surface area contributed by atoms with E-state index < -0.39 is 0 Å². The van der Waals surface area contributed by atoms with Crippen molar-refractivity contribution in [3.05, 3.63) is 5.28 Å². The number of hydrogen-bond donors (Lipinski definition) is 2. The van der Waals surface area contributed by atoms with Gasteiger partial charge in [-0.2, -0.15) is 15.0 Å². The van der Waals surface area contributed by atoms with Gasteiger partial charge in [0.05, 0.1) is 0 Å². The highest BCUT2D eigenvalue weighted by Gasteiger charge is 2.25. The Bertz CT molecular complexity index is 364. The van der Waals surface area contributed by atoms with Crippen LogP contribution in [0.2, 0.25) is 5.28 Å². The number of anilines is 2. The molecule has 0 aromatic carbocycles. The smallest absolute Gasteiger partial charge is 0.229 e. The van der Waals surface area contributed by atoms with E-state index >= 15 is 0 Å². The maximum atomic E-state index is 5.82. The van der Waals surface area contributed by atoms with Crippen molar-refractivity contribution < 1.29 is 0 Å². The lowest BCUT2D eigenvalue weighted by atomic mass is 9.82. The minimum atomic E-state index is 0.223. The van der Waals surface area contributed by atoms with Crippen LogP contribution in [0.1, 0.15) is 26.7 Å². The first-order valence-electron chi connectivity index (χ1n) is 5.59. The molecule has 0 radical (unpaired) electrons. The third-order valence-corrected chi connectivity index (χ3v) is 2.82. The normalized spacial score (nSPS) is 23.7. The maximum absolute atomic E-state index is 5.82. The van der Waals surface area contributed by atoms with E-state index in [1.807, 2.05) is 6.92 Å². The second kappa shape index (κ2) is 4.82. The Hall–Kier alpha value is -1.10. The summed E-state index contributed by atoms with van der Waals surface area (Å²) in [4.78, 5) is 12.3. The van der Waals surface area contributed by atoms with Gasteiger partial charge in [0.1, 0.15) is 0 Å². The second-order valence-electron chi connectivity index (χ2n) is 4.20. The van der Waals surface area contributed by atoms with Crippen LogP contribution in [0.4, 0.5) is 11.9 Å². The van der Waals surface area contributed by atoms with Gasteiger partial charge >= 0.3 is 0 Å². The summed E-state index contributed by atoms with van der Waals surface area (Å²) in [5.41, 5.74) is 0. The Morgan fingerprint density at radius 2 is 1.94 bits per heavy atom. The molecule has 1 aromatic heterocycles. The standard InChI is InChI=1S/C10H16ClN5/c1-3-12-9-14-8(11)15-10(16-9)13-7-4-6(2)5-7/h6-7H,3-5H2,1-2H3,(H2,12,13,14,15,16). The molecule has 0 aliphatic heterocycles. The molecular formula is C10H16ClN5. The topological polar surface area (TPSA) is 62.7 Å². The Labute approximate surface area is 100 Å². The van der Waals surface area contributed by atoms with E-state index in [4.69, 9.17) is 11.6 Å². The van der Waals surface area contributed by atoms with E-state index in [0.29, 0.717) is 17.9 Å². The van der Waals surface area contributed by atoms with Gasteiger partial charge in [0, 0.05) is 12.6 Å². The molecule has 0 amide bonds. The molecule has 0 spiro atoms. The molecule has 1 aliphatic rings. The SMILES string of the molecule is CCNc1nc(Cl)nc(NC2CC(C)C2)n1. The van der Waals surface area contributed by atoms with Crippen LogP contribution in [0.5, 0.6) is 0 Å². The number of halogens is 1. The average Bonchev–Trinajstić information content (AvgIpc) is 2.15. The van der Waals surface area contributed by atoms with Crippen LogP contribution in [-0.2, 0) is 0 Å². The van der Waals surface area contributed by atoms with Gasteiger partial charge in [0.15, 0.2) is 0 Å². The van der Waals surface area contributed by atoms with Crippen molar-refractivity contribution in [3.63, 3.8) is 0 Å². The lowest BCUT2D eigenvalue weighted by Gasteiger charge is -2.33. The zero-order valence-corrected chi connectivity index (χ0v) is 10.3. The fraction of sp³-hybridized carbons (Fsp3) is 0.700. The monoisotopic (exact) mass is 241 g/mol. The van der Waals surface area contributed by atoms with E-state index in [0.717, 1.165) is 12.5 Å². The first kappa shape index (κ1) is 11.4. The van der Waals surface area contributed by atoms with Crippen molar-refractivity contribution in [2.24, 2.45) is 5.92 Å². The van der Waals surface area contributed by atoms with Gasteiger partial charge < -0.3 is 10.6 Å². The molecule has 0 saturated heterocycles. The molecular weight excluding hydrogens is 226 g/mol. The summed E-state index contributed by atoms with van der Waals surface area (Å²) in [6, 6.07) is 0.475. The van der Waals surface area contributed by atoms with Gasteiger partial charge in [0.25, 0.3) is 0 Å². The Balaban J connectivity index is 2.02. The van der Waals surface area contributed by atoms with E-state index in [9.17, 15) is 0 Å². The van der Waals surface area contributed by atoms with Crippen LogP contribution in [-0.4, -0.2) is 27.5 Å². The third-order valence-electron chi connectivity index (χ3n) is 2.65. The number of rotatable bonds is 4. The molecule has 2 rings (SSSR count). The van der Waals surface area contributed by atoms with Gasteiger partial charge in [0.2, 0.25) is 17.2 Å². The summed E-state index contributed by atoms with van der Waals surface area (Å²) in [5.74, 6) is 1.88. The Kier molecular flexibility index (Phi) is 3.43. The summed E-state index contributed by atoms with van der Waals surface area (Å²) >= 11 is 5.82. The third kappa shape index (κ3) is 2.72. The van der Waals surface area contributed by atoms with E-state index in [1.165, 1.54) is 12.8 Å². The summed E-state index contributed by atoms with van der Waals surface area (Å²) in [5, 5.41) is 6.50. The molecule has 5 nitrogen and oxygen atoms in total. The predicted molar refractivity (Wildman–Crippen MR) is 64.8 cm³/mol. The average molecular weight is 242 g/mol. The molecule has 2 N–H and O–H groups in total. The lowest BCUT2D eigenvalue weighted by Crippen LogP contribution is -2.34. The number of nitrogens with one attached hydrogen (secondary N) is 2. The summed E-state index contributed by atoms with van der Waals surface area (Å²) in [6.45, 7) is 4.99. The van der Waals surface area contributed by atoms with Crippen LogP contribution in [0.3, 0.4) is 0 Å². The fourth-order valence-electron chi connectivity index (χ4n) is 1.85. The molecule has 0 bridgehead atoms. The van der Waals surface area contributed by atoms with Crippen molar-refractivity contribution >= 4 is 23.5 Å². The van der Waals surface area contributed by atoms with Crippen molar-refractivity contribution in [1.29, 1.82) is 0 Å². The highest BCUT2D eigenvalue weighted by atomic mass is 35.5. The molecule has 1 aromatic rings. The van der Waals surface area contributed by atoms with E-state index in [1.54, 1.807) is 0 Å². The van der Waals surface area contributed by atoms with Crippen LogP contribution < -0.4 is 10.6 Å². The summed E-state index contributed by atoms with van der Waals surface area (Å²) < 4.78 is 0.